The lowest BCUT2D eigenvalue weighted by Crippen LogP contribution is -2.46. The van der Waals surface area contributed by atoms with Gasteiger partial charge in [-0.05, 0) is 28.1 Å². The highest BCUT2D eigenvalue weighted by atomic mass is 32.3. The topological polar surface area (TPSA) is 45.4 Å². The Hall–Kier alpha value is -0.905. The second-order valence-corrected chi connectivity index (χ2v) is 14.9. The zero-order valence-electron chi connectivity index (χ0n) is 15.5. The molecule has 0 amide bonds. The summed E-state index contributed by atoms with van der Waals surface area (Å²) in [6, 6.07) is 8.10. The molecule has 0 saturated carbocycles. The molecule has 0 spiro atoms. The number of hydrogen-bond acceptors (Lipinski definition) is 2. The van der Waals surface area contributed by atoms with Gasteiger partial charge in [-0.15, -0.1) is 0 Å². The van der Waals surface area contributed by atoms with Crippen LogP contribution in [0.4, 0.5) is 0 Å². The smallest absolute Gasteiger partial charge is 0.423 e. The molecule has 2 rings (SSSR count). The monoisotopic (exact) mass is 337 g/mol. The van der Waals surface area contributed by atoms with E-state index in [1.807, 2.05) is 24.4 Å². The van der Waals surface area contributed by atoms with Crippen molar-refractivity contribution < 1.29 is 10.0 Å². The summed E-state index contributed by atoms with van der Waals surface area (Å²) in [6.45, 7) is 13.9. The van der Waals surface area contributed by atoms with Crippen molar-refractivity contribution in [2.45, 2.75) is 57.3 Å². The van der Waals surface area contributed by atoms with Crippen molar-refractivity contribution in [3.8, 4) is 0 Å². The Morgan fingerprint density at radius 2 is 1.39 bits per heavy atom. The second kappa shape index (κ2) is 5.87. The predicted octanol–water partition coefficient (Wildman–Crippen LogP) is 3.01. The van der Waals surface area contributed by atoms with Gasteiger partial charge in [0.25, 0.3) is 0 Å². The SMILES string of the molecule is CC(C)[SH](C)(C(C)C)(C(C)C)n1cc(B(O)O)c2ccccc21. The van der Waals surface area contributed by atoms with Gasteiger partial charge in [0.05, 0.1) is 5.52 Å². The lowest BCUT2D eigenvalue weighted by atomic mass is 9.80. The molecule has 0 saturated heterocycles. The van der Waals surface area contributed by atoms with Crippen LogP contribution in [0.2, 0.25) is 0 Å². The fourth-order valence-electron chi connectivity index (χ4n) is 4.38. The second-order valence-electron chi connectivity index (χ2n) is 7.87. The molecule has 5 heteroatoms. The number of para-hydroxylation sites is 1. The molecule has 1 heterocycles. The van der Waals surface area contributed by atoms with Gasteiger partial charge in [-0.25, -0.2) is 9.35 Å². The van der Waals surface area contributed by atoms with Gasteiger partial charge in [0.1, 0.15) is 0 Å². The van der Waals surface area contributed by atoms with Crippen LogP contribution in [0.25, 0.3) is 10.9 Å². The van der Waals surface area contributed by atoms with Gasteiger partial charge in [0.15, 0.2) is 0 Å². The Kier molecular flexibility index (Phi) is 4.70. The highest BCUT2D eigenvalue weighted by Crippen LogP contribution is 2.77. The standard InChI is InChI=1S/C18H32BNO2S/c1-13(2)23(7,14(3)4,15(5)6)20-12-17(19(21)22)16-10-8-9-11-18(16)20/h8-15,21-23H,1-7H3. The van der Waals surface area contributed by atoms with Gasteiger partial charge in [-0.3, -0.25) is 0 Å². The number of nitrogens with zero attached hydrogens (tertiary/aromatic N) is 1. The number of thiol groups is 1. The van der Waals surface area contributed by atoms with Crippen LogP contribution in [0, 0.1) is 0 Å². The summed E-state index contributed by atoms with van der Waals surface area (Å²) in [5, 5.41) is 22.2. The van der Waals surface area contributed by atoms with Crippen LogP contribution >= 0.6 is 9.35 Å². The van der Waals surface area contributed by atoms with E-state index in [1.165, 1.54) is 0 Å². The van der Waals surface area contributed by atoms with Crippen LogP contribution < -0.4 is 5.46 Å². The van der Waals surface area contributed by atoms with Gasteiger partial charge in [0.2, 0.25) is 0 Å². The molecule has 1 aromatic heterocycles. The molecule has 2 N–H and O–H groups in total. The summed E-state index contributed by atoms with van der Waals surface area (Å²) >= 11 is 0. The minimum atomic E-state index is -2.40. The summed E-state index contributed by atoms with van der Waals surface area (Å²) < 4.78 is 2.44. The molecule has 23 heavy (non-hydrogen) atoms. The van der Waals surface area contributed by atoms with E-state index in [4.69, 9.17) is 0 Å². The minimum absolute atomic E-state index is 0.500. The first-order chi connectivity index (χ1) is 10.6. The molecule has 0 unspecified atom stereocenters. The maximum atomic E-state index is 9.86. The molecular weight excluding hydrogens is 305 g/mol. The number of rotatable bonds is 5. The highest BCUT2D eigenvalue weighted by Gasteiger charge is 2.47. The van der Waals surface area contributed by atoms with Gasteiger partial charge in [-0.1, -0.05) is 59.7 Å². The molecule has 130 valence electrons. The molecule has 0 aliphatic rings. The van der Waals surface area contributed by atoms with Gasteiger partial charge < -0.3 is 14.0 Å². The van der Waals surface area contributed by atoms with E-state index in [0.717, 1.165) is 10.9 Å². The predicted molar refractivity (Wildman–Crippen MR) is 107 cm³/mol. The third-order valence-corrected chi connectivity index (χ3v) is 16.2. The van der Waals surface area contributed by atoms with Crippen molar-refractivity contribution in [3.05, 3.63) is 30.5 Å². The van der Waals surface area contributed by atoms with Gasteiger partial charge in [-0.2, -0.15) is 0 Å². The molecule has 0 radical (unpaired) electrons. The summed E-state index contributed by atoms with van der Waals surface area (Å²) in [7, 11) is -3.84. The zero-order chi connectivity index (χ0) is 17.6. The van der Waals surface area contributed by atoms with E-state index in [2.05, 4.69) is 57.8 Å². The molecular formula is C18H32BNO2S. The molecule has 1 aromatic carbocycles. The van der Waals surface area contributed by atoms with Crippen LogP contribution in [0.15, 0.2) is 30.5 Å². The summed E-state index contributed by atoms with van der Waals surface area (Å²) in [4.78, 5) is 0. The molecule has 0 aliphatic heterocycles. The minimum Gasteiger partial charge on any atom is -0.423 e. The van der Waals surface area contributed by atoms with E-state index < -0.39 is 16.5 Å². The molecule has 0 bridgehead atoms. The van der Waals surface area contributed by atoms with Gasteiger partial charge in [0, 0.05) is 17.0 Å². The lowest BCUT2D eigenvalue weighted by Gasteiger charge is -2.70. The van der Waals surface area contributed by atoms with Crippen molar-refractivity contribution in [2.24, 2.45) is 0 Å². The van der Waals surface area contributed by atoms with Crippen molar-refractivity contribution >= 4 is 32.8 Å². The van der Waals surface area contributed by atoms with Crippen LogP contribution in [0.1, 0.15) is 41.5 Å². The molecule has 3 nitrogen and oxygen atoms in total. The number of hydrogen-bond donors (Lipinski definition) is 3. The Morgan fingerprint density at radius 1 is 0.913 bits per heavy atom. The lowest BCUT2D eigenvalue weighted by molar-refractivity contribution is 0.426. The number of benzene rings is 1. The fraction of sp³-hybridized carbons (Fsp3) is 0.556. The molecule has 0 aliphatic carbocycles. The van der Waals surface area contributed by atoms with E-state index in [0.29, 0.717) is 21.2 Å². The zero-order valence-corrected chi connectivity index (χ0v) is 16.4. The van der Waals surface area contributed by atoms with Gasteiger partial charge >= 0.3 is 7.12 Å². The largest absolute Gasteiger partial charge is 0.490 e. The van der Waals surface area contributed by atoms with E-state index in [1.54, 1.807) is 0 Å². The molecule has 0 atom stereocenters. The molecule has 0 fully saturated rings. The Balaban J connectivity index is 2.99. The molecule has 2 aromatic rings. The summed E-state index contributed by atoms with van der Waals surface area (Å²) in [5.74, 6) is 0. The highest BCUT2D eigenvalue weighted by molar-refractivity contribution is 8.49. The maximum absolute atomic E-state index is 9.86. The first kappa shape index (κ1) is 18.4. The maximum Gasteiger partial charge on any atom is 0.490 e. The average molecular weight is 337 g/mol. The first-order valence-electron chi connectivity index (χ1n) is 8.54. The van der Waals surface area contributed by atoms with Crippen LogP contribution in [-0.4, -0.2) is 43.1 Å². The van der Waals surface area contributed by atoms with Crippen molar-refractivity contribution in [1.82, 2.24) is 3.97 Å². The van der Waals surface area contributed by atoms with Crippen LogP contribution in [0.3, 0.4) is 0 Å². The van der Waals surface area contributed by atoms with Crippen molar-refractivity contribution in [2.75, 3.05) is 6.26 Å². The normalized spacial score (nSPS) is 14.7. The quantitative estimate of drug-likeness (QED) is 0.580. The fourth-order valence-corrected chi connectivity index (χ4v) is 10.7. The Bertz CT molecular complexity index is 682. The van der Waals surface area contributed by atoms with E-state index in [9.17, 15) is 10.0 Å². The van der Waals surface area contributed by atoms with Crippen LogP contribution in [-0.2, 0) is 0 Å². The van der Waals surface area contributed by atoms with E-state index >= 15 is 0 Å². The number of fused-ring (bicyclic) bond motifs is 1. The van der Waals surface area contributed by atoms with Crippen molar-refractivity contribution in [1.29, 1.82) is 0 Å². The van der Waals surface area contributed by atoms with E-state index in [-0.39, 0.29) is 0 Å². The van der Waals surface area contributed by atoms with Crippen molar-refractivity contribution in [3.63, 3.8) is 0 Å². The Morgan fingerprint density at radius 3 is 1.83 bits per heavy atom. The third kappa shape index (κ3) is 2.28. The summed E-state index contributed by atoms with van der Waals surface area (Å²) in [6.07, 6.45) is 4.47. The number of aromatic nitrogens is 1. The summed E-state index contributed by atoms with van der Waals surface area (Å²) in [5.41, 5.74) is 1.73. The third-order valence-electron chi connectivity index (χ3n) is 6.62. The Labute approximate surface area is 141 Å². The van der Waals surface area contributed by atoms with Crippen LogP contribution in [0.5, 0.6) is 0 Å². The average Bonchev–Trinajstić information content (AvgIpc) is 2.86. The first-order valence-corrected chi connectivity index (χ1v) is 11.4.